The second-order valence-corrected chi connectivity index (χ2v) is 5.76. The molecule has 0 unspecified atom stereocenters. The van der Waals surface area contributed by atoms with Crippen molar-refractivity contribution in [3.05, 3.63) is 0 Å². The van der Waals surface area contributed by atoms with Crippen LogP contribution in [-0.2, 0) is 4.79 Å². The standard InChI is InChI=1S/C14H26N2O3/c1-4-5-6-12(13(17)18)15-14(19)16(9-10(2)3)11-7-8-11/h10-12H,4-9H2,1-3H3,(H,15,19)(H,17,18)/t12-/m0/s1. The van der Waals surface area contributed by atoms with Crippen LogP contribution in [0.2, 0.25) is 0 Å². The van der Waals surface area contributed by atoms with Gasteiger partial charge >= 0.3 is 12.0 Å². The Bertz CT molecular complexity index is 314. The number of rotatable bonds is 8. The highest BCUT2D eigenvalue weighted by atomic mass is 16.4. The molecule has 110 valence electrons. The minimum absolute atomic E-state index is 0.222. The molecule has 0 aromatic heterocycles. The first-order valence-corrected chi connectivity index (χ1v) is 7.25. The van der Waals surface area contributed by atoms with Gasteiger partial charge in [0.15, 0.2) is 0 Å². The molecule has 0 saturated heterocycles. The SMILES string of the molecule is CCCC[C@H](NC(=O)N(CC(C)C)C1CC1)C(=O)O. The summed E-state index contributed by atoms with van der Waals surface area (Å²) in [5.74, 6) is -0.549. The number of unbranched alkanes of at least 4 members (excludes halogenated alkanes) is 1. The molecule has 1 aliphatic rings. The molecule has 1 aliphatic carbocycles. The molecule has 5 nitrogen and oxygen atoms in total. The predicted molar refractivity (Wildman–Crippen MR) is 74.0 cm³/mol. The van der Waals surface area contributed by atoms with Crippen molar-refractivity contribution in [3.8, 4) is 0 Å². The van der Waals surface area contributed by atoms with Crippen LogP contribution >= 0.6 is 0 Å². The molecule has 19 heavy (non-hydrogen) atoms. The number of carbonyl (C=O) groups excluding carboxylic acids is 1. The van der Waals surface area contributed by atoms with Crippen molar-refractivity contribution >= 4 is 12.0 Å². The molecule has 0 spiro atoms. The molecule has 1 atom stereocenters. The van der Waals surface area contributed by atoms with E-state index in [-0.39, 0.29) is 6.03 Å². The molecule has 2 amide bonds. The molecule has 0 aliphatic heterocycles. The highest BCUT2D eigenvalue weighted by molar-refractivity contribution is 5.82. The van der Waals surface area contributed by atoms with Gasteiger partial charge in [0, 0.05) is 12.6 Å². The van der Waals surface area contributed by atoms with Crippen LogP contribution in [0, 0.1) is 5.92 Å². The second-order valence-electron chi connectivity index (χ2n) is 5.76. The van der Waals surface area contributed by atoms with Crippen molar-refractivity contribution in [2.75, 3.05) is 6.54 Å². The molecule has 1 rings (SSSR count). The maximum absolute atomic E-state index is 12.2. The Hall–Kier alpha value is -1.26. The van der Waals surface area contributed by atoms with Gasteiger partial charge < -0.3 is 15.3 Å². The lowest BCUT2D eigenvalue weighted by molar-refractivity contribution is -0.139. The summed E-state index contributed by atoms with van der Waals surface area (Å²) in [4.78, 5) is 25.1. The van der Waals surface area contributed by atoms with Gasteiger partial charge in [-0.1, -0.05) is 33.6 Å². The van der Waals surface area contributed by atoms with Gasteiger partial charge in [-0.3, -0.25) is 0 Å². The van der Waals surface area contributed by atoms with Gasteiger partial charge in [-0.05, 0) is 25.2 Å². The van der Waals surface area contributed by atoms with Crippen molar-refractivity contribution < 1.29 is 14.7 Å². The van der Waals surface area contributed by atoms with Crippen LogP contribution in [-0.4, -0.2) is 40.6 Å². The summed E-state index contributed by atoms with van der Waals surface area (Å²) in [6, 6.07) is -0.677. The smallest absolute Gasteiger partial charge is 0.326 e. The molecule has 1 fully saturated rings. The third kappa shape index (κ3) is 5.49. The fourth-order valence-corrected chi connectivity index (χ4v) is 2.07. The number of amides is 2. The number of urea groups is 1. The first-order chi connectivity index (χ1) is 8.95. The van der Waals surface area contributed by atoms with Crippen molar-refractivity contribution in [2.24, 2.45) is 5.92 Å². The number of nitrogens with zero attached hydrogens (tertiary/aromatic N) is 1. The van der Waals surface area contributed by atoms with Crippen LogP contribution in [0.15, 0.2) is 0 Å². The van der Waals surface area contributed by atoms with E-state index in [2.05, 4.69) is 19.2 Å². The third-order valence-electron chi connectivity index (χ3n) is 3.25. The van der Waals surface area contributed by atoms with Crippen LogP contribution in [0.4, 0.5) is 4.79 Å². The molecule has 0 radical (unpaired) electrons. The van der Waals surface area contributed by atoms with Crippen molar-refractivity contribution in [3.63, 3.8) is 0 Å². The molecular formula is C14H26N2O3. The molecule has 2 N–H and O–H groups in total. The van der Waals surface area contributed by atoms with Crippen LogP contribution in [0.3, 0.4) is 0 Å². The van der Waals surface area contributed by atoms with Crippen LogP contribution in [0.25, 0.3) is 0 Å². The third-order valence-corrected chi connectivity index (χ3v) is 3.25. The minimum atomic E-state index is -0.943. The average Bonchev–Trinajstić information content (AvgIpc) is 3.14. The molecule has 0 bridgehead atoms. The summed E-state index contributed by atoms with van der Waals surface area (Å²) >= 11 is 0. The van der Waals surface area contributed by atoms with E-state index < -0.39 is 12.0 Å². The summed E-state index contributed by atoms with van der Waals surface area (Å²) in [6.07, 6.45) is 4.31. The monoisotopic (exact) mass is 270 g/mol. The van der Waals surface area contributed by atoms with E-state index in [4.69, 9.17) is 5.11 Å². The molecular weight excluding hydrogens is 244 g/mol. The lowest BCUT2D eigenvalue weighted by Crippen LogP contribution is -2.49. The van der Waals surface area contributed by atoms with Gasteiger partial charge in [-0.2, -0.15) is 0 Å². The van der Waals surface area contributed by atoms with Gasteiger partial charge in [0.25, 0.3) is 0 Å². The summed E-state index contributed by atoms with van der Waals surface area (Å²) in [5, 5.41) is 11.8. The fraction of sp³-hybridized carbons (Fsp3) is 0.857. The molecule has 1 saturated carbocycles. The molecule has 0 aromatic carbocycles. The van der Waals surface area contributed by atoms with Gasteiger partial charge in [0.05, 0.1) is 0 Å². The van der Waals surface area contributed by atoms with Crippen LogP contribution in [0.5, 0.6) is 0 Å². The minimum Gasteiger partial charge on any atom is -0.480 e. The number of carboxylic acid groups (broad SMARTS) is 1. The first-order valence-electron chi connectivity index (χ1n) is 7.25. The molecule has 0 heterocycles. The summed E-state index contributed by atoms with van der Waals surface area (Å²) < 4.78 is 0. The molecule has 0 aromatic rings. The first kappa shape index (κ1) is 15.8. The van der Waals surface area contributed by atoms with E-state index in [1.165, 1.54) is 0 Å². The normalized spacial score (nSPS) is 16.2. The van der Waals surface area contributed by atoms with Crippen molar-refractivity contribution in [2.45, 2.75) is 65.0 Å². The number of hydrogen-bond donors (Lipinski definition) is 2. The van der Waals surface area contributed by atoms with Crippen molar-refractivity contribution in [1.82, 2.24) is 10.2 Å². The van der Waals surface area contributed by atoms with Gasteiger partial charge in [-0.25, -0.2) is 9.59 Å². The zero-order valence-electron chi connectivity index (χ0n) is 12.2. The Morgan fingerprint density at radius 1 is 1.37 bits per heavy atom. The van der Waals surface area contributed by atoms with Crippen LogP contribution in [0.1, 0.15) is 52.9 Å². The fourth-order valence-electron chi connectivity index (χ4n) is 2.07. The highest BCUT2D eigenvalue weighted by Crippen LogP contribution is 2.27. The van der Waals surface area contributed by atoms with E-state index in [1.807, 2.05) is 6.92 Å². The Morgan fingerprint density at radius 3 is 2.42 bits per heavy atom. The van der Waals surface area contributed by atoms with E-state index in [9.17, 15) is 9.59 Å². The zero-order valence-corrected chi connectivity index (χ0v) is 12.2. The van der Waals surface area contributed by atoms with E-state index in [0.717, 1.165) is 25.7 Å². The lowest BCUT2D eigenvalue weighted by Gasteiger charge is -2.26. The Labute approximate surface area is 115 Å². The Morgan fingerprint density at radius 2 is 2.00 bits per heavy atom. The number of hydrogen-bond acceptors (Lipinski definition) is 2. The topological polar surface area (TPSA) is 69.6 Å². The van der Waals surface area contributed by atoms with Crippen molar-refractivity contribution in [1.29, 1.82) is 0 Å². The van der Waals surface area contributed by atoms with E-state index in [0.29, 0.717) is 24.9 Å². The van der Waals surface area contributed by atoms with Gasteiger partial charge in [0.2, 0.25) is 0 Å². The second kappa shape index (κ2) is 7.36. The quantitative estimate of drug-likeness (QED) is 0.712. The van der Waals surface area contributed by atoms with Crippen LogP contribution < -0.4 is 5.32 Å². The number of aliphatic carboxylic acids is 1. The highest BCUT2D eigenvalue weighted by Gasteiger charge is 2.34. The summed E-state index contributed by atoms with van der Waals surface area (Å²) in [7, 11) is 0. The predicted octanol–water partition coefficient (Wildman–Crippen LogP) is 2.46. The van der Waals surface area contributed by atoms with Gasteiger partial charge in [0.1, 0.15) is 6.04 Å². The lowest BCUT2D eigenvalue weighted by atomic mass is 10.1. The van der Waals surface area contributed by atoms with E-state index in [1.54, 1.807) is 4.90 Å². The van der Waals surface area contributed by atoms with E-state index >= 15 is 0 Å². The number of carboxylic acids is 1. The maximum Gasteiger partial charge on any atom is 0.326 e. The molecule has 5 heteroatoms. The van der Waals surface area contributed by atoms with Gasteiger partial charge in [-0.15, -0.1) is 0 Å². The maximum atomic E-state index is 12.2. The largest absolute Gasteiger partial charge is 0.480 e. The average molecular weight is 270 g/mol. The summed E-state index contributed by atoms with van der Waals surface area (Å²) in [6.45, 7) is 6.83. The Balaban J connectivity index is 2.54. The number of nitrogens with one attached hydrogen (secondary N) is 1. The zero-order chi connectivity index (χ0) is 14.4. The number of carbonyl (C=O) groups is 2. The summed E-state index contributed by atoms with van der Waals surface area (Å²) in [5.41, 5.74) is 0. The Kier molecular flexibility index (Phi) is 6.12.